The Bertz CT molecular complexity index is 582. The highest BCUT2D eigenvalue weighted by molar-refractivity contribution is 5.84. The normalized spacial score (nSPS) is 23.5. The molecule has 19 heavy (non-hydrogen) atoms. The van der Waals surface area contributed by atoms with Crippen LogP contribution in [0.5, 0.6) is 5.75 Å². The topological polar surface area (TPSA) is 42.4 Å². The number of fused-ring (bicyclic) bond motifs is 1. The fourth-order valence-electron chi connectivity index (χ4n) is 2.72. The molecule has 2 unspecified atom stereocenters. The van der Waals surface area contributed by atoms with Crippen LogP contribution in [0.2, 0.25) is 0 Å². The van der Waals surface area contributed by atoms with E-state index < -0.39 is 0 Å². The van der Waals surface area contributed by atoms with Crippen LogP contribution in [-0.4, -0.2) is 22.3 Å². The lowest BCUT2D eigenvalue weighted by molar-refractivity contribution is 0.0543. The average molecular weight is 257 g/mol. The van der Waals surface area contributed by atoms with Crippen molar-refractivity contribution in [3.05, 3.63) is 36.0 Å². The van der Waals surface area contributed by atoms with E-state index in [1.165, 1.54) is 0 Å². The van der Waals surface area contributed by atoms with E-state index in [9.17, 15) is 5.11 Å². The molecule has 1 N–H and O–H groups in total. The van der Waals surface area contributed by atoms with Crippen molar-refractivity contribution in [1.29, 1.82) is 0 Å². The summed E-state index contributed by atoms with van der Waals surface area (Å²) in [6, 6.07) is 10.1. The summed E-state index contributed by atoms with van der Waals surface area (Å²) >= 11 is 0. The maximum Gasteiger partial charge on any atom is 0.145 e. The lowest BCUT2D eigenvalue weighted by Gasteiger charge is -2.26. The van der Waals surface area contributed by atoms with Crippen molar-refractivity contribution >= 4 is 10.9 Å². The molecule has 3 rings (SSSR count). The van der Waals surface area contributed by atoms with Gasteiger partial charge >= 0.3 is 0 Å². The molecular formula is C16H19NO2. The molecule has 2 aromatic rings. The standard InChI is InChI=1S/C16H19NO2/c1-11-8-9-12-4-2-7-15(16(12)17-11)19-14-6-3-5-13(18)10-14/h2,4,7-9,13-14,18H,3,5-6,10H2,1H3. The Hall–Kier alpha value is -1.61. The maximum atomic E-state index is 9.72. The molecule has 0 amide bonds. The molecule has 0 spiro atoms. The summed E-state index contributed by atoms with van der Waals surface area (Å²) in [6.45, 7) is 1.99. The molecule has 1 aromatic carbocycles. The number of nitrogens with zero attached hydrogens (tertiary/aromatic N) is 1. The number of ether oxygens (including phenoxy) is 1. The van der Waals surface area contributed by atoms with Gasteiger partial charge in [-0.15, -0.1) is 0 Å². The van der Waals surface area contributed by atoms with Crippen LogP contribution in [0.15, 0.2) is 30.3 Å². The molecule has 2 atom stereocenters. The second kappa shape index (κ2) is 5.17. The van der Waals surface area contributed by atoms with Crippen molar-refractivity contribution in [2.75, 3.05) is 0 Å². The first kappa shape index (κ1) is 12.4. The van der Waals surface area contributed by atoms with Gasteiger partial charge in [-0.2, -0.15) is 0 Å². The van der Waals surface area contributed by atoms with E-state index >= 15 is 0 Å². The van der Waals surface area contributed by atoms with Gasteiger partial charge in [-0.25, -0.2) is 4.98 Å². The summed E-state index contributed by atoms with van der Waals surface area (Å²) in [7, 11) is 0. The van der Waals surface area contributed by atoms with Crippen LogP contribution in [-0.2, 0) is 0 Å². The average Bonchev–Trinajstić information content (AvgIpc) is 2.39. The van der Waals surface area contributed by atoms with Crippen LogP contribution >= 0.6 is 0 Å². The third kappa shape index (κ3) is 2.71. The van der Waals surface area contributed by atoms with E-state index in [-0.39, 0.29) is 12.2 Å². The Morgan fingerprint density at radius 3 is 2.95 bits per heavy atom. The van der Waals surface area contributed by atoms with E-state index in [2.05, 4.69) is 11.1 Å². The van der Waals surface area contributed by atoms with Crippen molar-refractivity contribution in [3.63, 3.8) is 0 Å². The molecule has 0 aliphatic heterocycles. The van der Waals surface area contributed by atoms with Crippen LogP contribution in [0, 0.1) is 6.92 Å². The molecule has 0 bridgehead atoms. The molecular weight excluding hydrogens is 238 g/mol. The smallest absolute Gasteiger partial charge is 0.145 e. The number of hydrogen-bond donors (Lipinski definition) is 1. The molecule has 100 valence electrons. The van der Waals surface area contributed by atoms with E-state index in [1.54, 1.807) is 0 Å². The lowest BCUT2D eigenvalue weighted by atomic mass is 9.95. The number of hydrogen-bond acceptors (Lipinski definition) is 3. The van der Waals surface area contributed by atoms with Gasteiger partial charge in [-0.3, -0.25) is 0 Å². The highest BCUT2D eigenvalue weighted by atomic mass is 16.5. The monoisotopic (exact) mass is 257 g/mol. The molecule has 1 fully saturated rings. The Morgan fingerprint density at radius 2 is 2.11 bits per heavy atom. The zero-order valence-electron chi connectivity index (χ0n) is 11.2. The second-order valence-corrected chi connectivity index (χ2v) is 5.34. The highest BCUT2D eigenvalue weighted by Gasteiger charge is 2.22. The minimum atomic E-state index is -0.219. The summed E-state index contributed by atoms with van der Waals surface area (Å²) in [5, 5.41) is 10.8. The van der Waals surface area contributed by atoms with Gasteiger partial charge in [0.05, 0.1) is 6.10 Å². The predicted octanol–water partition coefficient (Wildman–Crippen LogP) is 3.23. The number of aromatic nitrogens is 1. The first-order valence-corrected chi connectivity index (χ1v) is 6.93. The number of aliphatic hydroxyl groups excluding tert-OH is 1. The number of benzene rings is 1. The first-order valence-electron chi connectivity index (χ1n) is 6.93. The largest absolute Gasteiger partial charge is 0.488 e. The molecule has 1 aliphatic carbocycles. The van der Waals surface area contributed by atoms with Crippen molar-refractivity contribution < 1.29 is 9.84 Å². The van der Waals surface area contributed by atoms with Crippen LogP contribution < -0.4 is 4.74 Å². The van der Waals surface area contributed by atoms with Gasteiger partial charge in [-0.05, 0) is 38.3 Å². The summed E-state index contributed by atoms with van der Waals surface area (Å²) in [6.07, 6.45) is 3.55. The minimum Gasteiger partial charge on any atom is -0.488 e. The zero-order chi connectivity index (χ0) is 13.2. The first-order chi connectivity index (χ1) is 9.22. The molecule has 1 saturated carbocycles. The van der Waals surface area contributed by atoms with E-state index in [0.717, 1.165) is 48.0 Å². The van der Waals surface area contributed by atoms with Gasteiger partial charge in [-0.1, -0.05) is 18.2 Å². The summed E-state index contributed by atoms with van der Waals surface area (Å²) in [5.41, 5.74) is 1.91. The van der Waals surface area contributed by atoms with Crippen molar-refractivity contribution in [3.8, 4) is 5.75 Å². The molecule has 1 aromatic heterocycles. The molecule has 3 heteroatoms. The van der Waals surface area contributed by atoms with Gasteiger partial charge in [0.1, 0.15) is 17.4 Å². The molecule has 1 heterocycles. The third-order valence-corrected chi connectivity index (χ3v) is 3.71. The fourth-order valence-corrected chi connectivity index (χ4v) is 2.72. The SMILES string of the molecule is Cc1ccc2cccc(OC3CCCC(O)C3)c2n1. The molecule has 0 radical (unpaired) electrons. The third-order valence-electron chi connectivity index (χ3n) is 3.71. The number of para-hydroxylation sites is 1. The van der Waals surface area contributed by atoms with Crippen molar-refractivity contribution in [1.82, 2.24) is 4.98 Å². The van der Waals surface area contributed by atoms with Gasteiger partial charge in [0.25, 0.3) is 0 Å². The summed E-state index contributed by atoms with van der Waals surface area (Å²) in [5.74, 6) is 0.834. The Kier molecular flexibility index (Phi) is 3.38. The quantitative estimate of drug-likeness (QED) is 0.898. The Labute approximate surface area is 113 Å². The van der Waals surface area contributed by atoms with Crippen molar-refractivity contribution in [2.24, 2.45) is 0 Å². The van der Waals surface area contributed by atoms with Gasteiger partial charge in [0.2, 0.25) is 0 Å². The van der Waals surface area contributed by atoms with Crippen LogP contribution in [0.1, 0.15) is 31.4 Å². The van der Waals surface area contributed by atoms with E-state index in [4.69, 9.17) is 4.74 Å². The molecule has 0 saturated heterocycles. The number of rotatable bonds is 2. The van der Waals surface area contributed by atoms with E-state index in [0.29, 0.717) is 0 Å². The van der Waals surface area contributed by atoms with Gasteiger partial charge < -0.3 is 9.84 Å². The van der Waals surface area contributed by atoms with Crippen LogP contribution in [0.4, 0.5) is 0 Å². The van der Waals surface area contributed by atoms with Gasteiger partial charge in [0, 0.05) is 17.5 Å². The van der Waals surface area contributed by atoms with E-state index in [1.807, 2.05) is 31.2 Å². The minimum absolute atomic E-state index is 0.108. The zero-order valence-corrected chi connectivity index (χ0v) is 11.2. The van der Waals surface area contributed by atoms with Crippen LogP contribution in [0.25, 0.3) is 10.9 Å². The second-order valence-electron chi connectivity index (χ2n) is 5.34. The molecule has 3 nitrogen and oxygen atoms in total. The van der Waals surface area contributed by atoms with Gasteiger partial charge in [0.15, 0.2) is 0 Å². The maximum absolute atomic E-state index is 9.72. The number of pyridine rings is 1. The summed E-state index contributed by atoms with van der Waals surface area (Å²) < 4.78 is 6.07. The number of aryl methyl sites for hydroxylation is 1. The number of aliphatic hydroxyl groups is 1. The lowest BCUT2D eigenvalue weighted by Crippen LogP contribution is -2.28. The Balaban J connectivity index is 1.89. The van der Waals surface area contributed by atoms with Crippen LogP contribution in [0.3, 0.4) is 0 Å². The highest BCUT2D eigenvalue weighted by Crippen LogP contribution is 2.28. The summed E-state index contributed by atoms with van der Waals surface area (Å²) in [4.78, 5) is 4.57. The predicted molar refractivity (Wildman–Crippen MR) is 75.4 cm³/mol. The van der Waals surface area contributed by atoms with Crippen molar-refractivity contribution in [2.45, 2.75) is 44.8 Å². The Morgan fingerprint density at radius 1 is 1.21 bits per heavy atom. The fraction of sp³-hybridized carbons (Fsp3) is 0.438. The molecule has 1 aliphatic rings.